The van der Waals surface area contributed by atoms with Crippen molar-refractivity contribution < 1.29 is 16.8 Å². The summed E-state index contributed by atoms with van der Waals surface area (Å²) in [5, 5.41) is 0. The van der Waals surface area contributed by atoms with Crippen LogP contribution >= 0.6 is 0 Å². The van der Waals surface area contributed by atoms with Crippen LogP contribution in [-0.4, -0.2) is 21.6 Å². The lowest BCUT2D eigenvalue weighted by atomic mass is 9.97. The lowest BCUT2D eigenvalue weighted by Crippen LogP contribution is -2.12. The Morgan fingerprint density at radius 3 is 0.974 bits per heavy atom. The third kappa shape index (κ3) is 30.7. The molecule has 0 N–H and O–H groups in total. The van der Waals surface area contributed by atoms with Crippen molar-refractivity contribution in [3.63, 3.8) is 0 Å². The van der Waals surface area contributed by atoms with Gasteiger partial charge in [0.2, 0.25) is 0 Å². The summed E-state index contributed by atoms with van der Waals surface area (Å²) >= 11 is 0. The van der Waals surface area contributed by atoms with Crippen LogP contribution in [0.15, 0.2) is 0 Å². The molecule has 0 aliphatic heterocycles. The van der Waals surface area contributed by atoms with Crippen LogP contribution in [-0.2, 0) is 18.8 Å². The van der Waals surface area contributed by atoms with Crippen LogP contribution in [0.2, 0.25) is 0 Å². The summed E-state index contributed by atoms with van der Waals surface area (Å²) < 4.78 is 33.8. The smallest absolute Gasteiger partial charge is 0.248 e. The zero-order valence-corrected chi connectivity index (χ0v) is 27.8. The lowest BCUT2D eigenvalue weighted by molar-refractivity contribution is 0.208. The van der Waals surface area contributed by atoms with Crippen molar-refractivity contribution in [2.75, 3.05) is 13.2 Å². The molecule has 5 heteroatoms. The molecule has 0 spiro atoms. The minimum absolute atomic E-state index is 0.246. The second kappa shape index (κ2) is 29.4. The van der Waals surface area contributed by atoms with Gasteiger partial charge in [-0.2, -0.15) is 8.42 Å². The Kier molecular flexibility index (Phi) is 29.3. The van der Waals surface area contributed by atoms with Gasteiger partial charge in [-0.05, 0) is 24.7 Å². The van der Waals surface area contributed by atoms with Crippen LogP contribution in [0.25, 0.3) is 0 Å². The highest BCUT2D eigenvalue weighted by molar-refractivity contribution is 7.81. The van der Waals surface area contributed by atoms with E-state index in [0.717, 1.165) is 50.4 Å². The average molecular weight is 575 g/mol. The molecule has 236 valence electrons. The third-order valence-electron chi connectivity index (χ3n) is 8.24. The Labute approximate surface area is 246 Å². The highest BCUT2D eigenvalue weighted by atomic mass is 32.3. The fourth-order valence-electron chi connectivity index (χ4n) is 5.41. The molecule has 0 rings (SSSR count). The van der Waals surface area contributed by atoms with E-state index >= 15 is 0 Å². The monoisotopic (exact) mass is 574 g/mol. The number of hydrogen-bond donors (Lipinski definition) is 0. The van der Waals surface area contributed by atoms with Gasteiger partial charge in [-0.1, -0.05) is 182 Å². The molecule has 0 radical (unpaired) electrons. The molecule has 39 heavy (non-hydrogen) atoms. The first-order valence-electron chi connectivity index (χ1n) is 17.4. The van der Waals surface area contributed by atoms with Gasteiger partial charge in [-0.25, -0.2) is 8.37 Å². The summed E-state index contributed by atoms with van der Waals surface area (Å²) in [6.45, 7) is 9.85. The van der Waals surface area contributed by atoms with E-state index in [9.17, 15) is 8.42 Å². The second-order valence-electron chi connectivity index (χ2n) is 12.5. The maximum absolute atomic E-state index is 11.9. The highest BCUT2D eigenvalue weighted by Gasteiger charge is 2.11. The molecule has 0 aromatic carbocycles. The highest BCUT2D eigenvalue weighted by Crippen LogP contribution is 2.19. The van der Waals surface area contributed by atoms with E-state index in [1.54, 1.807) is 0 Å². The minimum atomic E-state index is -3.83. The molecule has 0 aliphatic carbocycles. The van der Waals surface area contributed by atoms with Crippen molar-refractivity contribution in [1.29, 1.82) is 0 Å². The zero-order valence-electron chi connectivity index (χ0n) is 27.0. The first-order valence-corrected chi connectivity index (χ1v) is 18.8. The molecule has 0 saturated carbocycles. The summed E-state index contributed by atoms with van der Waals surface area (Å²) in [5.74, 6) is 1.80. The van der Waals surface area contributed by atoms with Gasteiger partial charge in [-0.15, -0.1) is 0 Å². The van der Waals surface area contributed by atoms with Gasteiger partial charge in [0.15, 0.2) is 0 Å². The Bertz CT molecular complexity index is 534. The van der Waals surface area contributed by atoms with Crippen molar-refractivity contribution in [3.8, 4) is 0 Å². The predicted molar refractivity (Wildman–Crippen MR) is 171 cm³/mol. The molecule has 2 unspecified atom stereocenters. The fourth-order valence-corrected chi connectivity index (χ4v) is 6.13. The number of unbranched alkanes of at least 4 members (excludes halogenated alkanes) is 18. The Balaban J connectivity index is 3.36. The summed E-state index contributed by atoms with van der Waals surface area (Å²) in [4.78, 5) is 0. The first kappa shape index (κ1) is 38.9. The zero-order chi connectivity index (χ0) is 28.9. The normalized spacial score (nSPS) is 13.6. The topological polar surface area (TPSA) is 52.6 Å². The van der Waals surface area contributed by atoms with Crippen LogP contribution in [0.4, 0.5) is 0 Å². The summed E-state index contributed by atoms with van der Waals surface area (Å²) in [7, 11) is -3.83. The molecule has 0 fully saturated rings. The standard InChI is InChI=1S/C34H70O4S/c1-5-7-27-33(3)29-23-19-15-11-9-13-17-21-25-31-37-39(35,36)38-32-26-22-18-14-10-12-16-20-24-30-34(4)28-8-6-2/h33-34H,5-32H2,1-4H3. The van der Waals surface area contributed by atoms with Gasteiger partial charge in [-0.3, -0.25) is 0 Å². The van der Waals surface area contributed by atoms with Crippen molar-refractivity contribution in [1.82, 2.24) is 0 Å². The van der Waals surface area contributed by atoms with Crippen molar-refractivity contribution in [2.45, 2.75) is 195 Å². The molecule has 0 saturated heterocycles. The third-order valence-corrected chi connectivity index (χ3v) is 9.15. The lowest BCUT2D eigenvalue weighted by Gasteiger charge is -2.10. The Morgan fingerprint density at radius 1 is 0.410 bits per heavy atom. The molecule has 0 aliphatic rings. The average Bonchev–Trinajstić information content (AvgIpc) is 2.91. The van der Waals surface area contributed by atoms with E-state index in [4.69, 9.17) is 8.37 Å². The number of rotatable bonds is 32. The second-order valence-corrected chi connectivity index (χ2v) is 13.8. The van der Waals surface area contributed by atoms with Gasteiger partial charge in [0.25, 0.3) is 0 Å². The quantitative estimate of drug-likeness (QED) is 0.0750. The maximum atomic E-state index is 11.9. The van der Waals surface area contributed by atoms with E-state index in [0.29, 0.717) is 0 Å². The molecule has 0 aromatic heterocycles. The SMILES string of the molecule is CCCCC(C)CCCCCCCCCCCOS(=O)(=O)OCCCCCCCCCCCC(C)CCCC. The van der Waals surface area contributed by atoms with Gasteiger partial charge in [0.05, 0.1) is 13.2 Å². The maximum Gasteiger partial charge on any atom is 0.399 e. The summed E-state index contributed by atoms with van der Waals surface area (Å²) in [6, 6.07) is 0. The first-order chi connectivity index (χ1) is 18.9. The van der Waals surface area contributed by atoms with E-state index < -0.39 is 10.4 Å². The van der Waals surface area contributed by atoms with E-state index in [2.05, 4.69) is 27.7 Å². The van der Waals surface area contributed by atoms with Crippen LogP contribution in [0, 0.1) is 11.8 Å². The van der Waals surface area contributed by atoms with Crippen LogP contribution in [0.5, 0.6) is 0 Å². The van der Waals surface area contributed by atoms with Crippen LogP contribution in [0.3, 0.4) is 0 Å². The van der Waals surface area contributed by atoms with Gasteiger partial charge >= 0.3 is 10.4 Å². The van der Waals surface area contributed by atoms with Gasteiger partial charge in [0, 0.05) is 0 Å². The van der Waals surface area contributed by atoms with E-state index in [1.165, 1.54) is 128 Å². The van der Waals surface area contributed by atoms with Crippen molar-refractivity contribution >= 4 is 10.4 Å². The summed E-state index contributed by atoms with van der Waals surface area (Å²) in [5.41, 5.74) is 0. The fraction of sp³-hybridized carbons (Fsp3) is 1.00. The van der Waals surface area contributed by atoms with Crippen LogP contribution < -0.4 is 0 Å². The van der Waals surface area contributed by atoms with Gasteiger partial charge < -0.3 is 0 Å². The van der Waals surface area contributed by atoms with Crippen LogP contribution in [0.1, 0.15) is 195 Å². The largest absolute Gasteiger partial charge is 0.399 e. The van der Waals surface area contributed by atoms with E-state index in [1.807, 2.05) is 0 Å². The molecule has 0 heterocycles. The minimum Gasteiger partial charge on any atom is -0.248 e. The molecule has 0 aromatic rings. The molecule has 0 amide bonds. The Morgan fingerprint density at radius 2 is 0.667 bits per heavy atom. The van der Waals surface area contributed by atoms with Crippen molar-refractivity contribution in [2.24, 2.45) is 11.8 Å². The molecule has 0 bridgehead atoms. The van der Waals surface area contributed by atoms with Crippen molar-refractivity contribution in [3.05, 3.63) is 0 Å². The summed E-state index contributed by atoms with van der Waals surface area (Å²) in [6.07, 6.45) is 32.9. The molecular formula is C34H70O4S. The number of hydrogen-bond acceptors (Lipinski definition) is 4. The molecule has 2 atom stereocenters. The Hall–Kier alpha value is -0.130. The van der Waals surface area contributed by atoms with E-state index in [-0.39, 0.29) is 13.2 Å². The molecular weight excluding hydrogens is 504 g/mol. The molecule has 4 nitrogen and oxygen atoms in total. The van der Waals surface area contributed by atoms with Gasteiger partial charge in [0.1, 0.15) is 0 Å². The predicted octanol–water partition coefficient (Wildman–Crippen LogP) is 11.7.